The first kappa shape index (κ1) is 9.11. The van der Waals surface area contributed by atoms with Crippen LogP contribution in [0.15, 0.2) is 0 Å². The van der Waals surface area contributed by atoms with Gasteiger partial charge in [0.2, 0.25) is 5.60 Å². The molecule has 2 saturated heterocycles. The Labute approximate surface area is 80.1 Å². The van der Waals surface area contributed by atoms with Crippen LogP contribution in [-0.2, 0) is 18.9 Å². The SMILES string of the molecule is CC1OC(=O)OCC12OC(=O)OC2C. The lowest BCUT2D eigenvalue weighted by Crippen LogP contribution is -2.57. The highest BCUT2D eigenvalue weighted by molar-refractivity contribution is 5.66. The predicted octanol–water partition coefficient (Wildman–Crippen LogP) is 0.836. The summed E-state index contributed by atoms with van der Waals surface area (Å²) in [6, 6.07) is 0. The van der Waals surface area contributed by atoms with Crippen molar-refractivity contribution < 1.29 is 28.5 Å². The molecule has 2 aliphatic rings. The molecule has 6 nitrogen and oxygen atoms in total. The van der Waals surface area contributed by atoms with E-state index in [0.29, 0.717) is 0 Å². The Morgan fingerprint density at radius 1 is 1.14 bits per heavy atom. The minimum absolute atomic E-state index is 0.0279. The third kappa shape index (κ3) is 1.10. The summed E-state index contributed by atoms with van der Waals surface area (Å²) in [5, 5.41) is 0. The molecule has 0 aromatic carbocycles. The van der Waals surface area contributed by atoms with Crippen LogP contribution in [0.25, 0.3) is 0 Å². The molecule has 3 unspecified atom stereocenters. The highest BCUT2D eigenvalue weighted by atomic mass is 16.8. The Bertz CT molecular complexity index is 288. The van der Waals surface area contributed by atoms with Crippen molar-refractivity contribution in [2.24, 2.45) is 0 Å². The normalized spacial score (nSPS) is 41.3. The Hall–Kier alpha value is -1.46. The summed E-state index contributed by atoms with van der Waals surface area (Å²) in [6.07, 6.45) is -2.56. The maximum atomic E-state index is 10.9. The van der Waals surface area contributed by atoms with E-state index in [4.69, 9.17) is 14.2 Å². The number of carbonyl (C=O) groups is 2. The van der Waals surface area contributed by atoms with Crippen LogP contribution < -0.4 is 0 Å². The summed E-state index contributed by atoms with van der Waals surface area (Å²) in [5.41, 5.74) is -0.995. The van der Waals surface area contributed by atoms with Crippen molar-refractivity contribution >= 4 is 12.3 Å². The number of carbonyl (C=O) groups excluding carboxylic acids is 2. The summed E-state index contributed by atoms with van der Waals surface area (Å²) < 4.78 is 19.3. The predicted molar refractivity (Wildman–Crippen MR) is 41.7 cm³/mol. The molecule has 0 bridgehead atoms. The van der Waals surface area contributed by atoms with E-state index in [1.54, 1.807) is 13.8 Å². The van der Waals surface area contributed by atoms with Gasteiger partial charge in [-0.05, 0) is 13.8 Å². The van der Waals surface area contributed by atoms with E-state index < -0.39 is 30.1 Å². The Balaban J connectivity index is 2.23. The molecule has 2 rings (SSSR count). The van der Waals surface area contributed by atoms with Gasteiger partial charge >= 0.3 is 12.3 Å². The van der Waals surface area contributed by atoms with Crippen molar-refractivity contribution in [1.29, 1.82) is 0 Å². The van der Waals surface area contributed by atoms with E-state index in [1.165, 1.54) is 0 Å². The van der Waals surface area contributed by atoms with Gasteiger partial charge in [-0.15, -0.1) is 0 Å². The fraction of sp³-hybridized carbons (Fsp3) is 0.750. The van der Waals surface area contributed by atoms with Crippen LogP contribution >= 0.6 is 0 Å². The zero-order chi connectivity index (χ0) is 10.3. The van der Waals surface area contributed by atoms with Crippen LogP contribution in [0.4, 0.5) is 9.59 Å². The first-order valence-corrected chi connectivity index (χ1v) is 4.27. The topological polar surface area (TPSA) is 71.1 Å². The van der Waals surface area contributed by atoms with Gasteiger partial charge in [0.05, 0.1) is 0 Å². The Morgan fingerprint density at radius 3 is 2.21 bits per heavy atom. The molecular formula is C8H10O6. The summed E-state index contributed by atoms with van der Waals surface area (Å²) in [7, 11) is 0. The van der Waals surface area contributed by atoms with Crippen molar-refractivity contribution in [2.45, 2.75) is 31.7 Å². The second kappa shape index (κ2) is 2.76. The van der Waals surface area contributed by atoms with E-state index in [-0.39, 0.29) is 6.61 Å². The molecule has 0 aromatic rings. The standard InChI is InChI=1S/C8H10O6/c1-4-8(3-11-6(9)12-4)5(2)13-7(10)14-8/h4-5H,3H2,1-2H3. The second-order valence-corrected chi connectivity index (χ2v) is 3.37. The van der Waals surface area contributed by atoms with E-state index in [0.717, 1.165) is 0 Å². The van der Waals surface area contributed by atoms with E-state index in [2.05, 4.69) is 4.74 Å². The van der Waals surface area contributed by atoms with E-state index in [9.17, 15) is 9.59 Å². The maximum Gasteiger partial charge on any atom is 0.509 e. The molecule has 1 spiro atoms. The van der Waals surface area contributed by atoms with Gasteiger partial charge in [0.15, 0.2) is 0 Å². The van der Waals surface area contributed by atoms with Crippen LogP contribution in [0.1, 0.15) is 13.8 Å². The van der Waals surface area contributed by atoms with Crippen LogP contribution in [0.2, 0.25) is 0 Å². The average molecular weight is 202 g/mol. The molecule has 6 heteroatoms. The van der Waals surface area contributed by atoms with Crippen LogP contribution in [0.5, 0.6) is 0 Å². The van der Waals surface area contributed by atoms with Crippen molar-refractivity contribution in [3.63, 3.8) is 0 Å². The number of hydrogen-bond donors (Lipinski definition) is 0. The average Bonchev–Trinajstić information content (AvgIpc) is 2.37. The van der Waals surface area contributed by atoms with Gasteiger partial charge in [0.1, 0.15) is 18.8 Å². The molecule has 2 heterocycles. The molecule has 0 aromatic heterocycles. The molecule has 0 radical (unpaired) electrons. The lowest BCUT2D eigenvalue weighted by Gasteiger charge is -2.36. The monoisotopic (exact) mass is 202 g/mol. The fourth-order valence-electron chi connectivity index (χ4n) is 1.63. The van der Waals surface area contributed by atoms with Gasteiger partial charge in [-0.3, -0.25) is 0 Å². The second-order valence-electron chi connectivity index (χ2n) is 3.37. The first-order valence-electron chi connectivity index (χ1n) is 4.27. The molecule has 2 aliphatic heterocycles. The van der Waals surface area contributed by atoms with Crippen LogP contribution in [0.3, 0.4) is 0 Å². The van der Waals surface area contributed by atoms with Gasteiger partial charge in [-0.25, -0.2) is 9.59 Å². The lowest BCUT2D eigenvalue weighted by atomic mass is 9.92. The molecule has 14 heavy (non-hydrogen) atoms. The summed E-state index contributed by atoms with van der Waals surface area (Å²) in [6.45, 7) is 3.28. The first-order chi connectivity index (χ1) is 6.54. The van der Waals surface area contributed by atoms with Crippen LogP contribution in [-0.4, -0.2) is 36.7 Å². The lowest BCUT2D eigenvalue weighted by molar-refractivity contribution is -0.154. The van der Waals surface area contributed by atoms with Gasteiger partial charge in [-0.1, -0.05) is 0 Å². The highest BCUT2D eigenvalue weighted by Gasteiger charge is 2.58. The number of rotatable bonds is 0. The Morgan fingerprint density at radius 2 is 1.71 bits per heavy atom. The molecular weight excluding hydrogens is 192 g/mol. The maximum absolute atomic E-state index is 10.9. The van der Waals surface area contributed by atoms with E-state index in [1.807, 2.05) is 0 Å². The highest BCUT2D eigenvalue weighted by Crippen LogP contribution is 2.35. The van der Waals surface area contributed by atoms with Crippen molar-refractivity contribution in [1.82, 2.24) is 0 Å². The van der Waals surface area contributed by atoms with Gasteiger partial charge in [0.25, 0.3) is 0 Å². The fourth-order valence-corrected chi connectivity index (χ4v) is 1.63. The van der Waals surface area contributed by atoms with Crippen LogP contribution in [0, 0.1) is 0 Å². The molecule has 3 atom stereocenters. The summed E-state index contributed by atoms with van der Waals surface area (Å²) in [5.74, 6) is 0. The number of hydrogen-bond acceptors (Lipinski definition) is 6. The zero-order valence-electron chi connectivity index (χ0n) is 7.81. The van der Waals surface area contributed by atoms with Crippen molar-refractivity contribution in [3.05, 3.63) is 0 Å². The third-order valence-corrected chi connectivity index (χ3v) is 2.61. The minimum Gasteiger partial charge on any atom is -0.430 e. The molecule has 2 fully saturated rings. The van der Waals surface area contributed by atoms with Crippen molar-refractivity contribution in [2.75, 3.05) is 6.61 Å². The quantitative estimate of drug-likeness (QED) is 0.542. The summed E-state index contributed by atoms with van der Waals surface area (Å²) >= 11 is 0. The largest absolute Gasteiger partial charge is 0.509 e. The zero-order valence-corrected chi connectivity index (χ0v) is 7.81. The smallest absolute Gasteiger partial charge is 0.430 e. The minimum atomic E-state index is -0.995. The molecule has 0 amide bonds. The molecule has 78 valence electrons. The third-order valence-electron chi connectivity index (χ3n) is 2.61. The van der Waals surface area contributed by atoms with E-state index >= 15 is 0 Å². The van der Waals surface area contributed by atoms with Gasteiger partial charge in [-0.2, -0.15) is 0 Å². The summed E-state index contributed by atoms with van der Waals surface area (Å²) in [4.78, 5) is 21.7. The molecule has 0 N–H and O–H groups in total. The Kier molecular flexibility index (Phi) is 1.80. The van der Waals surface area contributed by atoms with Crippen molar-refractivity contribution in [3.8, 4) is 0 Å². The van der Waals surface area contributed by atoms with Gasteiger partial charge in [0, 0.05) is 0 Å². The molecule has 0 saturated carbocycles. The number of cyclic esters (lactones) is 3. The number of ether oxygens (including phenoxy) is 4. The molecule has 0 aliphatic carbocycles. The van der Waals surface area contributed by atoms with Gasteiger partial charge < -0.3 is 18.9 Å².